The maximum Gasteiger partial charge on any atom is 0.229 e. The van der Waals surface area contributed by atoms with Gasteiger partial charge in [-0.15, -0.1) is 0 Å². The lowest BCUT2D eigenvalue weighted by molar-refractivity contribution is -0.135. The number of nitrogens with two attached hydrogens (primary N) is 1. The Morgan fingerprint density at radius 2 is 2.30 bits per heavy atom. The molecule has 1 aliphatic rings. The summed E-state index contributed by atoms with van der Waals surface area (Å²) < 4.78 is 10.6. The van der Waals surface area contributed by atoms with Gasteiger partial charge in [-0.1, -0.05) is 18.2 Å². The summed E-state index contributed by atoms with van der Waals surface area (Å²) in [6.45, 7) is 1.37. The van der Waals surface area contributed by atoms with E-state index < -0.39 is 0 Å². The van der Waals surface area contributed by atoms with Crippen LogP contribution in [0.25, 0.3) is 0 Å². The first-order valence-corrected chi connectivity index (χ1v) is 6.82. The first-order valence-electron chi connectivity index (χ1n) is 6.82. The molecule has 0 saturated heterocycles. The number of methoxy groups -OCH3 is 1. The topological polar surface area (TPSA) is 64.8 Å². The molecule has 1 heterocycles. The monoisotopic (exact) mass is 278 g/mol. The normalized spacial score (nSPS) is 18.9. The fraction of sp³-hybridized carbons (Fsp3) is 0.533. The van der Waals surface area contributed by atoms with E-state index in [9.17, 15) is 4.79 Å². The highest BCUT2D eigenvalue weighted by atomic mass is 16.5. The molecule has 5 heteroatoms. The molecule has 1 amide bonds. The minimum atomic E-state index is -0.161. The van der Waals surface area contributed by atoms with Crippen LogP contribution in [0, 0.1) is 5.92 Å². The molecule has 1 aromatic carbocycles. The molecule has 0 fully saturated rings. The van der Waals surface area contributed by atoms with Crippen LogP contribution in [0.1, 0.15) is 5.56 Å². The maximum absolute atomic E-state index is 12.4. The van der Waals surface area contributed by atoms with Gasteiger partial charge in [0.15, 0.2) is 0 Å². The van der Waals surface area contributed by atoms with E-state index >= 15 is 0 Å². The van der Waals surface area contributed by atoms with E-state index in [1.807, 2.05) is 24.3 Å². The number of hydrogen-bond acceptors (Lipinski definition) is 4. The molecule has 2 atom stereocenters. The number of hydrogen-bond donors (Lipinski definition) is 1. The SMILES string of the molecule is COCC(N)CN(C)C(=O)C1COc2ccccc2C1. The zero-order valence-corrected chi connectivity index (χ0v) is 12.0. The van der Waals surface area contributed by atoms with Gasteiger partial charge in [0.2, 0.25) is 5.91 Å². The van der Waals surface area contributed by atoms with Crippen LogP contribution < -0.4 is 10.5 Å². The van der Waals surface area contributed by atoms with Crippen molar-refractivity contribution in [2.24, 2.45) is 11.7 Å². The van der Waals surface area contributed by atoms with Gasteiger partial charge >= 0.3 is 0 Å². The average Bonchev–Trinajstić information content (AvgIpc) is 2.46. The van der Waals surface area contributed by atoms with Gasteiger partial charge in [-0.3, -0.25) is 4.79 Å². The van der Waals surface area contributed by atoms with Gasteiger partial charge in [0.05, 0.1) is 12.5 Å². The Hall–Kier alpha value is -1.59. The molecule has 0 spiro atoms. The molecule has 2 unspecified atom stereocenters. The Morgan fingerprint density at radius 3 is 3.05 bits per heavy atom. The van der Waals surface area contributed by atoms with Crippen LogP contribution in [0.3, 0.4) is 0 Å². The van der Waals surface area contributed by atoms with E-state index in [1.165, 1.54) is 0 Å². The van der Waals surface area contributed by atoms with Crippen molar-refractivity contribution in [3.63, 3.8) is 0 Å². The highest BCUT2D eigenvalue weighted by molar-refractivity contribution is 5.79. The molecule has 2 rings (SSSR count). The minimum absolute atomic E-state index is 0.0751. The number of fused-ring (bicyclic) bond motifs is 1. The lowest BCUT2D eigenvalue weighted by Gasteiger charge is -2.29. The van der Waals surface area contributed by atoms with Crippen molar-refractivity contribution in [3.05, 3.63) is 29.8 Å². The molecule has 110 valence electrons. The van der Waals surface area contributed by atoms with Crippen molar-refractivity contribution in [1.29, 1.82) is 0 Å². The number of benzene rings is 1. The van der Waals surface area contributed by atoms with Crippen molar-refractivity contribution in [3.8, 4) is 5.75 Å². The second kappa shape index (κ2) is 6.72. The highest BCUT2D eigenvalue weighted by Gasteiger charge is 2.28. The van der Waals surface area contributed by atoms with Gasteiger partial charge in [-0.2, -0.15) is 0 Å². The zero-order chi connectivity index (χ0) is 14.5. The van der Waals surface area contributed by atoms with Crippen LogP contribution in [0.2, 0.25) is 0 Å². The molecule has 0 bridgehead atoms. The van der Waals surface area contributed by atoms with Gasteiger partial charge < -0.3 is 20.1 Å². The molecule has 1 aliphatic heterocycles. The van der Waals surface area contributed by atoms with Crippen LogP contribution in [-0.4, -0.2) is 50.8 Å². The number of carbonyl (C=O) groups is 1. The molecule has 1 aromatic rings. The Morgan fingerprint density at radius 1 is 1.55 bits per heavy atom. The van der Waals surface area contributed by atoms with Crippen molar-refractivity contribution in [2.45, 2.75) is 12.5 Å². The van der Waals surface area contributed by atoms with Gasteiger partial charge in [0.1, 0.15) is 12.4 Å². The molecular formula is C15H22N2O3. The fourth-order valence-corrected chi connectivity index (χ4v) is 2.51. The summed E-state index contributed by atoms with van der Waals surface area (Å²) in [4.78, 5) is 14.1. The van der Waals surface area contributed by atoms with Crippen LogP contribution in [0.4, 0.5) is 0 Å². The molecule has 0 aromatic heterocycles. The zero-order valence-electron chi connectivity index (χ0n) is 12.0. The summed E-state index contributed by atoms with van der Waals surface area (Å²) in [7, 11) is 3.38. The lowest BCUT2D eigenvalue weighted by atomic mass is 9.95. The molecule has 0 radical (unpaired) electrons. The number of rotatable bonds is 5. The molecule has 2 N–H and O–H groups in total. The number of ether oxygens (including phenoxy) is 2. The Kier molecular flexibility index (Phi) is 4.98. The summed E-state index contributed by atoms with van der Waals surface area (Å²) in [6, 6.07) is 7.69. The Bertz CT molecular complexity index is 464. The molecule has 0 aliphatic carbocycles. The number of amides is 1. The van der Waals surface area contributed by atoms with E-state index in [0.29, 0.717) is 19.8 Å². The van der Waals surface area contributed by atoms with Crippen molar-refractivity contribution in [2.75, 3.05) is 33.9 Å². The first-order chi connectivity index (χ1) is 9.61. The van der Waals surface area contributed by atoms with E-state index in [1.54, 1.807) is 19.1 Å². The third kappa shape index (κ3) is 3.49. The highest BCUT2D eigenvalue weighted by Crippen LogP contribution is 2.27. The van der Waals surface area contributed by atoms with Crippen molar-refractivity contribution >= 4 is 5.91 Å². The summed E-state index contributed by atoms with van der Waals surface area (Å²) in [5, 5.41) is 0. The average molecular weight is 278 g/mol. The van der Waals surface area contributed by atoms with E-state index in [4.69, 9.17) is 15.2 Å². The molecule has 5 nitrogen and oxygen atoms in total. The van der Waals surface area contributed by atoms with Crippen LogP contribution in [-0.2, 0) is 16.0 Å². The van der Waals surface area contributed by atoms with E-state index in [2.05, 4.69) is 0 Å². The van der Waals surface area contributed by atoms with Crippen molar-refractivity contribution in [1.82, 2.24) is 4.90 Å². The van der Waals surface area contributed by atoms with Crippen molar-refractivity contribution < 1.29 is 14.3 Å². The van der Waals surface area contributed by atoms with Crippen LogP contribution >= 0.6 is 0 Å². The summed E-state index contributed by atoms with van der Waals surface area (Å²) in [6.07, 6.45) is 0.721. The number of nitrogens with zero attached hydrogens (tertiary/aromatic N) is 1. The lowest BCUT2D eigenvalue weighted by Crippen LogP contribution is -2.45. The smallest absolute Gasteiger partial charge is 0.229 e. The number of para-hydroxylation sites is 1. The summed E-state index contributed by atoms with van der Waals surface area (Å²) >= 11 is 0. The van der Waals surface area contributed by atoms with Crippen LogP contribution in [0.15, 0.2) is 24.3 Å². The second-order valence-electron chi connectivity index (χ2n) is 5.25. The van der Waals surface area contributed by atoms with E-state index in [-0.39, 0.29) is 17.9 Å². The Labute approximate surface area is 119 Å². The van der Waals surface area contributed by atoms with Gasteiger partial charge in [0, 0.05) is 26.7 Å². The summed E-state index contributed by atoms with van der Waals surface area (Å²) in [5.74, 6) is 0.825. The Balaban J connectivity index is 1.94. The van der Waals surface area contributed by atoms with Gasteiger partial charge in [0.25, 0.3) is 0 Å². The molecule has 0 saturated carbocycles. The van der Waals surface area contributed by atoms with Gasteiger partial charge in [-0.05, 0) is 18.1 Å². The summed E-state index contributed by atoms with van der Waals surface area (Å²) in [5.41, 5.74) is 6.97. The van der Waals surface area contributed by atoms with Crippen LogP contribution in [0.5, 0.6) is 5.75 Å². The van der Waals surface area contributed by atoms with E-state index in [0.717, 1.165) is 17.7 Å². The first kappa shape index (κ1) is 14.8. The third-order valence-electron chi connectivity index (χ3n) is 3.49. The predicted octanol–water partition coefficient (Wildman–Crippen LogP) is 0.670. The fourth-order valence-electron chi connectivity index (χ4n) is 2.51. The largest absolute Gasteiger partial charge is 0.492 e. The molecular weight excluding hydrogens is 256 g/mol. The standard InChI is InChI=1S/C15H22N2O3/c1-17(8-13(16)10-19-2)15(18)12-7-11-5-3-4-6-14(11)20-9-12/h3-6,12-13H,7-10,16H2,1-2H3. The quantitative estimate of drug-likeness (QED) is 0.860. The predicted molar refractivity (Wildman–Crippen MR) is 76.6 cm³/mol. The minimum Gasteiger partial charge on any atom is -0.492 e. The second-order valence-corrected chi connectivity index (χ2v) is 5.25. The molecule has 20 heavy (non-hydrogen) atoms. The number of carbonyl (C=O) groups excluding carboxylic acids is 1. The third-order valence-corrected chi connectivity index (χ3v) is 3.49. The number of likely N-dealkylation sites (N-methyl/N-ethyl adjacent to an activating group) is 1. The van der Waals surface area contributed by atoms with Gasteiger partial charge in [-0.25, -0.2) is 0 Å². The maximum atomic E-state index is 12.4.